The molecule has 0 bridgehead atoms. The zero-order valence-corrected chi connectivity index (χ0v) is 19.1. The molecule has 1 unspecified atom stereocenters. The van der Waals surface area contributed by atoms with Gasteiger partial charge in [-0.1, -0.05) is 29.8 Å². The van der Waals surface area contributed by atoms with Gasteiger partial charge in [0.05, 0.1) is 12.6 Å². The highest BCUT2D eigenvalue weighted by atomic mass is 35.5. The van der Waals surface area contributed by atoms with E-state index in [4.69, 9.17) is 16.3 Å². The summed E-state index contributed by atoms with van der Waals surface area (Å²) < 4.78 is 21.4. The van der Waals surface area contributed by atoms with Gasteiger partial charge in [-0.05, 0) is 81.4 Å². The van der Waals surface area contributed by atoms with Crippen LogP contribution >= 0.6 is 23.4 Å². The Labute approximate surface area is 191 Å². The molecule has 3 aromatic rings. The van der Waals surface area contributed by atoms with Crippen LogP contribution in [0.4, 0.5) is 4.39 Å². The average Bonchev–Trinajstić information content (AvgIpc) is 3.22. The maximum absolute atomic E-state index is 13.5. The fourth-order valence-corrected chi connectivity index (χ4v) is 4.67. The smallest absolute Gasteiger partial charge is 0.196 e. The van der Waals surface area contributed by atoms with Gasteiger partial charge in [0, 0.05) is 16.5 Å². The number of likely N-dealkylation sites (tertiary alicyclic amines) is 1. The van der Waals surface area contributed by atoms with Crippen LogP contribution in [0.3, 0.4) is 0 Å². The van der Waals surface area contributed by atoms with Crippen LogP contribution < -0.4 is 4.74 Å². The van der Waals surface area contributed by atoms with Gasteiger partial charge >= 0.3 is 0 Å². The SMILES string of the molecule is CC(c1nnc(SCCOc2ccc(Cl)cc2)n1-c1ccc(F)cc1)N1CCCCC1. The fourth-order valence-electron chi connectivity index (χ4n) is 3.77. The maximum Gasteiger partial charge on any atom is 0.196 e. The van der Waals surface area contributed by atoms with E-state index in [1.807, 2.05) is 28.8 Å². The van der Waals surface area contributed by atoms with Crippen molar-refractivity contribution in [2.75, 3.05) is 25.4 Å². The minimum atomic E-state index is -0.256. The molecule has 2 aromatic carbocycles. The summed E-state index contributed by atoms with van der Waals surface area (Å²) in [5, 5.41) is 10.5. The average molecular weight is 461 g/mol. The molecule has 8 heteroatoms. The van der Waals surface area contributed by atoms with E-state index in [9.17, 15) is 4.39 Å². The van der Waals surface area contributed by atoms with Crippen LogP contribution in [0.1, 0.15) is 38.1 Å². The van der Waals surface area contributed by atoms with Gasteiger partial charge in [0.15, 0.2) is 11.0 Å². The van der Waals surface area contributed by atoms with Crippen LogP contribution in [0.15, 0.2) is 53.7 Å². The zero-order valence-electron chi connectivity index (χ0n) is 17.5. The number of aromatic nitrogens is 3. The largest absolute Gasteiger partial charge is 0.493 e. The van der Waals surface area contributed by atoms with E-state index in [-0.39, 0.29) is 11.9 Å². The summed E-state index contributed by atoms with van der Waals surface area (Å²) in [5.41, 5.74) is 0.867. The van der Waals surface area contributed by atoms with E-state index >= 15 is 0 Å². The molecule has 1 aromatic heterocycles. The number of rotatable bonds is 8. The molecule has 2 heterocycles. The highest BCUT2D eigenvalue weighted by Crippen LogP contribution is 2.29. The molecule has 0 N–H and O–H groups in total. The van der Waals surface area contributed by atoms with Gasteiger partial charge in [-0.3, -0.25) is 9.47 Å². The Morgan fingerprint density at radius 1 is 1.03 bits per heavy atom. The second-order valence-corrected chi connectivity index (χ2v) is 9.07. The highest BCUT2D eigenvalue weighted by molar-refractivity contribution is 7.99. The Morgan fingerprint density at radius 3 is 2.45 bits per heavy atom. The second-order valence-electron chi connectivity index (χ2n) is 7.58. The molecular formula is C23H26ClFN4OS. The number of hydrogen-bond donors (Lipinski definition) is 0. The summed E-state index contributed by atoms with van der Waals surface area (Å²) >= 11 is 7.50. The minimum absolute atomic E-state index is 0.137. The first-order valence-electron chi connectivity index (χ1n) is 10.6. The van der Waals surface area contributed by atoms with Crippen molar-refractivity contribution in [3.8, 4) is 11.4 Å². The molecule has 31 heavy (non-hydrogen) atoms. The summed E-state index contributed by atoms with van der Waals surface area (Å²) in [7, 11) is 0. The molecule has 0 amide bonds. The van der Waals surface area contributed by atoms with Gasteiger partial charge in [-0.15, -0.1) is 10.2 Å². The topological polar surface area (TPSA) is 43.2 Å². The first-order chi connectivity index (χ1) is 15.1. The molecule has 0 aliphatic carbocycles. The molecule has 1 aliphatic heterocycles. The third kappa shape index (κ3) is 5.59. The Hall–Kier alpha value is -2.09. The molecule has 0 spiro atoms. The van der Waals surface area contributed by atoms with Crippen molar-refractivity contribution in [3.63, 3.8) is 0 Å². The summed E-state index contributed by atoms with van der Waals surface area (Å²) in [6.07, 6.45) is 3.69. The number of thioether (sulfide) groups is 1. The van der Waals surface area contributed by atoms with Crippen molar-refractivity contribution in [2.24, 2.45) is 0 Å². The number of ether oxygens (including phenoxy) is 1. The van der Waals surface area contributed by atoms with Crippen molar-refractivity contribution in [1.82, 2.24) is 19.7 Å². The van der Waals surface area contributed by atoms with Crippen molar-refractivity contribution in [3.05, 3.63) is 65.2 Å². The lowest BCUT2D eigenvalue weighted by atomic mass is 10.1. The van der Waals surface area contributed by atoms with Gasteiger partial charge in [0.1, 0.15) is 11.6 Å². The quantitative estimate of drug-likeness (QED) is 0.315. The van der Waals surface area contributed by atoms with Crippen LogP contribution in [0, 0.1) is 5.82 Å². The van der Waals surface area contributed by atoms with E-state index in [0.29, 0.717) is 17.4 Å². The molecule has 1 saturated heterocycles. The lowest BCUT2D eigenvalue weighted by Gasteiger charge is -2.31. The van der Waals surface area contributed by atoms with E-state index in [2.05, 4.69) is 22.0 Å². The normalized spacial score (nSPS) is 15.7. The van der Waals surface area contributed by atoms with Crippen LogP contribution in [-0.4, -0.2) is 45.1 Å². The summed E-state index contributed by atoms with van der Waals surface area (Å²) in [5.74, 6) is 2.12. The van der Waals surface area contributed by atoms with Crippen LogP contribution in [-0.2, 0) is 0 Å². The van der Waals surface area contributed by atoms with E-state index in [0.717, 1.165) is 35.5 Å². The van der Waals surface area contributed by atoms with E-state index in [1.165, 1.54) is 31.4 Å². The number of nitrogens with zero attached hydrogens (tertiary/aromatic N) is 4. The van der Waals surface area contributed by atoms with Crippen LogP contribution in [0.2, 0.25) is 5.02 Å². The molecule has 0 radical (unpaired) electrons. The monoisotopic (exact) mass is 460 g/mol. The lowest BCUT2D eigenvalue weighted by molar-refractivity contribution is 0.167. The van der Waals surface area contributed by atoms with Gasteiger partial charge in [0.25, 0.3) is 0 Å². The Kier molecular flexibility index (Phi) is 7.48. The van der Waals surface area contributed by atoms with Crippen LogP contribution in [0.25, 0.3) is 5.69 Å². The van der Waals surface area contributed by atoms with Gasteiger partial charge < -0.3 is 4.74 Å². The fraction of sp³-hybridized carbons (Fsp3) is 0.391. The van der Waals surface area contributed by atoms with Gasteiger partial charge in [0.2, 0.25) is 0 Å². The van der Waals surface area contributed by atoms with E-state index < -0.39 is 0 Å². The molecule has 1 atom stereocenters. The van der Waals surface area contributed by atoms with Crippen molar-refractivity contribution < 1.29 is 9.13 Å². The Bertz CT molecular complexity index is 974. The number of benzene rings is 2. The Morgan fingerprint density at radius 2 is 1.74 bits per heavy atom. The number of piperidine rings is 1. The Balaban J connectivity index is 1.50. The number of hydrogen-bond acceptors (Lipinski definition) is 5. The molecule has 1 aliphatic rings. The van der Waals surface area contributed by atoms with Crippen molar-refractivity contribution in [2.45, 2.75) is 37.4 Å². The van der Waals surface area contributed by atoms with Crippen molar-refractivity contribution in [1.29, 1.82) is 0 Å². The molecular weight excluding hydrogens is 435 g/mol. The summed E-state index contributed by atoms with van der Waals surface area (Å²) in [4.78, 5) is 2.45. The molecule has 1 fully saturated rings. The van der Waals surface area contributed by atoms with E-state index in [1.54, 1.807) is 23.9 Å². The van der Waals surface area contributed by atoms with Crippen molar-refractivity contribution >= 4 is 23.4 Å². The highest BCUT2D eigenvalue weighted by Gasteiger charge is 2.25. The predicted molar refractivity (Wildman–Crippen MR) is 123 cm³/mol. The summed E-state index contributed by atoms with van der Waals surface area (Å²) in [6, 6.07) is 14.0. The molecule has 164 valence electrons. The number of halogens is 2. The molecule has 0 saturated carbocycles. The van der Waals surface area contributed by atoms with Gasteiger partial charge in [-0.2, -0.15) is 0 Å². The third-order valence-electron chi connectivity index (χ3n) is 5.45. The first-order valence-corrected chi connectivity index (χ1v) is 11.9. The lowest BCUT2D eigenvalue weighted by Crippen LogP contribution is -2.33. The maximum atomic E-state index is 13.5. The zero-order chi connectivity index (χ0) is 21.6. The molecule has 4 rings (SSSR count). The first kappa shape index (κ1) is 22.1. The third-order valence-corrected chi connectivity index (χ3v) is 6.60. The molecule has 5 nitrogen and oxygen atoms in total. The predicted octanol–water partition coefficient (Wildman–Crippen LogP) is 5.78. The standard InChI is InChI=1S/C23H26ClFN4OS/c1-17(28-13-3-2-4-14-28)22-26-27-23(29(22)20-9-7-19(25)8-10-20)31-16-15-30-21-11-5-18(24)6-12-21/h5-12,17H,2-4,13-16H2,1H3. The second kappa shape index (κ2) is 10.5. The minimum Gasteiger partial charge on any atom is -0.493 e. The van der Waals surface area contributed by atoms with Crippen LogP contribution in [0.5, 0.6) is 5.75 Å². The van der Waals surface area contributed by atoms with Gasteiger partial charge in [-0.25, -0.2) is 4.39 Å². The summed E-state index contributed by atoms with van der Waals surface area (Å²) in [6.45, 7) is 4.83.